The van der Waals surface area contributed by atoms with E-state index in [1.165, 1.54) is 23.6 Å². The van der Waals surface area contributed by atoms with Crippen LogP contribution in [0.25, 0.3) is 0 Å². The molecule has 0 spiro atoms. The van der Waals surface area contributed by atoms with Crippen molar-refractivity contribution in [1.29, 1.82) is 0 Å². The van der Waals surface area contributed by atoms with Crippen LogP contribution in [0.15, 0.2) is 47.8 Å². The molecule has 0 fully saturated rings. The molecule has 0 atom stereocenters. The van der Waals surface area contributed by atoms with Crippen molar-refractivity contribution in [2.75, 3.05) is 7.05 Å². The van der Waals surface area contributed by atoms with Gasteiger partial charge >= 0.3 is 0 Å². The summed E-state index contributed by atoms with van der Waals surface area (Å²) in [5, 5.41) is -0.0240. The van der Waals surface area contributed by atoms with Crippen molar-refractivity contribution in [1.82, 2.24) is 14.3 Å². The van der Waals surface area contributed by atoms with Crippen molar-refractivity contribution in [2.45, 2.75) is 11.4 Å². The lowest BCUT2D eigenvalue weighted by Gasteiger charge is -2.17. The molecule has 7 heteroatoms. The quantitative estimate of drug-likeness (QED) is 0.809. The molecule has 0 saturated heterocycles. The van der Waals surface area contributed by atoms with E-state index in [9.17, 15) is 8.42 Å². The van der Waals surface area contributed by atoms with Crippen molar-refractivity contribution < 1.29 is 8.42 Å². The highest BCUT2D eigenvalue weighted by Gasteiger charge is 2.23. The Morgan fingerprint density at radius 1 is 1.21 bits per heavy atom. The molecule has 5 nitrogen and oxygen atoms in total. The topological polar surface area (TPSA) is 63.2 Å². The SMILES string of the molecule is CN(Cc1ccncc1)S(=O)(=O)c1cccnc1Cl. The van der Waals surface area contributed by atoms with Gasteiger partial charge < -0.3 is 0 Å². The number of sulfonamides is 1. The van der Waals surface area contributed by atoms with Crippen LogP contribution in [0.2, 0.25) is 5.15 Å². The van der Waals surface area contributed by atoms with E-state index in [1.807, 2.05) is 0 Å². The minimum Gasteiger partial charge on any atom is -0.265 e. The molecule has 0 aromatic carbocycles. The van der Waals surface area contributed by atoms with Crippen molar-refractivity contribution in [2.24, 2.45) is 0 Å². The van der Waals surface area contributed by atoms with E-state index in [0.717, 1.165) is 5.56 Å². The molecule has 0 N–H and O–H groups in total. The number of halogens is 1. The predicted octanol–water partition coefficient (Wildman–Crippen LogP) is 1.95. The van der Waals surface area contributed by atoms with Crippen LogP contribution >= 0.6 is 11.6 Å². The minimum absolute atomic E-state index is 0.00761. The third-order valence-corrected chi connectivity index (χ3v) is 4.82. The summed E-state index contributed by atoms with van der Waals surface area (Å²) in [4.78, 5) is 7.68. The van der Waals surface area contributed by atoms with Gasteiger partial charge in [0.15, 0.2) is 0 Å². The summed E-state index contributed by atoms with van der Waals surface area (Å²) < 4.78 is 25.9. The molecular weight excluding hydrogens is 286 g/mol. The lowest BCUT2D eigenvalue weighted by molar-refractivity contribution is 0.466. The van der Waals surface area contributed by atoms with Crippen LogP contribution in [0.1, 0.15) is 5.56 Å². The molecule has 0 bridgehead atoms. The first-order valence-corrected chi connectivity index (χ1v) is 7.29. The van der Waals surface area contributed by atoms with Gasteiger partial charge in [0.05, 0.1) is 0 Å². The number of hydrogen-bond acceptors (Lipinski definition) is 4. The summed E-state index contributed by atoms with van der Waals surface area (Å²) in [6.07, 6.45) is 4.68. The van der Waals surface area contributed by atoms with Gasteiger partial charge in [-0.2, -0.15) is 4.31 Å². The zero-order valence-corrected chi connectivity index (χ0v) is 11.8. The van der Waals surface area contributed by atoms with E-state index in [0.29, 0.717) is 0 Å². The van der Waals surface area contributed by atoms with Crippen LogP contribution < -0.4 is 0 Å². The maximum Gasteiger partial charge on any atom is 0.246 e. The van der Waals surface area contributed by atoms with Crippen LogP contribution in [-0.2, 0) is 16.6 Å². The summed E-state index contributed by atoms with van der Waals surface area (Å²) >= 11 is 5.83. The van der Waals surface area contributed by atoms with Gasteiger partial charge in [-0.1, -0.05) is 11.6 Å². The van der Waals surface area contributed by atoms with Crippen molar-refractivity contribution in [3.8, 4) is 0 Å². The van der Waals surface area contributed by atoms with E-state index in [1.54, 1.807) is 30.6 Å². The van der Waals surface area contributed by atoms with Gasteiger partial charge in [-0.3, -0.25) is 4.98 Å². The van der Waals surface area contributed by atoms with E-state index >= 15 is 0 Å². The molecule has 100 valence electrons. The lowest BCUT2D eigenvalue weighted by Crippen LogP contribution is -2.26. The van der Waals surface area contributed by atoms with Gasteiger partial charge in [-0.25, -0.2) is 13.4 Å². The Morgan fingerprint density at radius 2 is 1.89 bits per heavy atom. The second-order valence-electron chi connectivity index (χ2n) is 3.91. The fraction of sp³-hybridized carbons (Fsp3) is 0.167. The lowest BCUT2D eigenvalue weighted by atomic mass is 10.3. The van der Waals surface area contributed by atoms with Crippen molar-refractivity contribution in [3.63, 3.8) is 0 Å². The highest BCUT2D eigenvalue weighted by molar-refractivity contribution is 7.89. The van der Waals surface area contributed by atoms with Gasteiger partial charge in [0.1, 0.15) is 10.0 Å². The smallest absolute Gasteiger partial charge is 0.246 e. The van der Waals surface area contributed by atoms with Crippen LogP contribution in [-0.4, -0.2) is 29.7 Å². The first-order chi connectivity index (χ1) is 9.01. The molecule has 2 rings (SSSR count). The number of hydrogen-bond donors (Lipinski definition) is 0. The number of nitrogens with zero attached hydrogens (tertiary/aromatic N) is 3. The Kier molecular flexibility index (Phi) is 4.14. The molecule has 0 aliphatic heterocycles. The van der Waals surface area contributed by atoms with Crippen LogP contribution in [0.5, 0.6) is 0 Å². The Morgan fingerprint density at radius 3 is 2.53 bits per heavy atom. The van der Waals surface area contributed by atoms with Gasteiger partial charge in [0.25, 0.3) is 0 Å². The highest BCUT2D eigenvalue weighted by Crippen LogP contribution is 2.22. The minimum atomic E-state index is -3.65. The Bertz CT molecular complexity index is 662. The van der Waals surface area contributed by atoms with Crippen molar-refractivity contribution in [3.05, 3.63) is 53.6 Å². The Hall–Kier alpha value is -1.50. The zero-order chi connectivity index (χ0) is 13.9. The van der Waals surface area contributed by atoms with Crippen LogP contribution in [0.3, 0.4) is 0 Å². The van der Waals surface area contributed by atoms with Gasteiger partial charge in [0.2, 0.25) is 10.0 Å². The average Bonchev–Trinajstić information content (AvgIpc) is 2.40. The Balaban J connectivity index is 2.28. The summed E-state index contributed by atoms with van der Waals surface area (Å²) in [6, 6.07) is 6.50. The predicted molar refractivity (Wildman–Crippen MR) is 72.1 cm³/mol. The van der Waals surface area contributed by atoms with E-state index in [2.05, 4.69) is 9.97 Å². The summed E-state index contributed by atoms with van der Waals surface area (Å²) in [5.74, 6) is 0. The molecule has 0 unspecified atom stereocenters. The second-order valence-corrected chi connectivity index (χ2v) is 6.28. The molecule has 0 amide bonds. The maximum absolute atomic E-state index is 12.3. The molecule has 19 heavy (non-hydrogen) atoms. The third kappa shape index (κ3) is 3.09. The van der Waals surface area contributed by atoms with Crippen LogP contribution in [0, 0.1) is 0 Å². The van der Waals surface area contributed by atoms with Crippen LogP contribution in [0.4, 0.5) is 0 Å². The number of aromatic nitrogens is 2. The van der Waals surface area contributed by atoms with Gasteiger partial charge in [-0.05, 0) is 29.8 Å². The molecule has 0 aliphatic rings. The fourth-order valence-corrected chi connectivity index (χ4v) is 3.14. The normalized spacial score (nSPS) is 11.7. The molecular formula is C12H12ClN3O2S. The third-order valence-electron chi connectivity index (χ3n) is 2.57. The summed E-state index contributed by atoms with van der Waals surface area (Å²) in [6.45, 7) is 0.246. The average molecular weight is 298 g/mol. The van der Waals surface area contributed by atoms with Gasteiger partial charge in [-0.15, -0.1) is 0 Å². The monoisotopic (exact) mass is 297 g/mol. The van der Waals surface area contributed by atoms with E-state index < -0.39 is 10.0 Å². The fourth-order valence-electron chi connectivity index (χ4n) is 1.56. The molecule has 2 aromatic heterocycles. The van der Waals surface area contributed by atoms with E-state index in [-0.39, 0.29) is 16.6 Å². The first-order valence-electron chi connectivity index (χ1n) is 5.47. The number of rotatable bonds is 4. The highest BCUT2D eigenvalue weighted by atomic mass is 35.5. The maximum atomic E-state index is 12.3. The largest absolute Gasteiger partial charge is 0.265 e. The number of pyridine rings is 2. The summed E-state index contributed by atoms with van der Waals surface area (Å²) in [7, 11) is -2.15. The first kappa shape index (κ1) is 13.9. The summed E-state index contributed by atoms with van der Waals surface area (Å²) in [5.41, 5.74) is 0.848. The molecule has 0 aliphatic carbocycles. The molecule has 0 radical (unpaired) electrons. The molecule has 0 saturated carbocycles. The molecule has 2 heterocycles. The molecule has 2 aromatic rings. The van der Waals surface area contributed by atoms with Crippen molar-refractivity contribution >= 4 is 21.6 Å². The van der Waals surface area contributed by atoms with E-state index in [4.69, 9.17) is 11.6 Å². The van der Waals surface area contributed by atoms with Gasteiger partial charge in [0, 0.05) is 32.2 Å². The second kappa shape index (κ2) is 5.64. The standard InChI is InChI=1S/C12H12ClN3O2S/c1-16(9-10-4-7-14-8-5-10)19(17,18)11-3-2-6-15-12(11)13/h2-8H,9H2,1H3. The zero-order valence-electron chi connectivity index (χ0n) is 10.2. The Labute approximate surface area is 116 Å².